The van der Waals surface area contributed by atoms with Gasteiger partial charge in [0.2, 0.25) is 0 Å². The van der Waals surface area contributed by atoms with E-state index in [4.69, 9.17) is 0 Å². The lowest BCUT2D eigenvalue weighted by molar-refractivity contribution is 0.393. The molecule has 2 nitrogen and oxygen atoms in total. The fourth-order valence-corrected chi connectivity index (χ4v) is 3.64. The number of aryl methyl sites for hydroxylation is 1. The van der Waals surface area contributed by atoms with Crippen LogP contribution in [-0.4, -0.2) is 38.1 Å². The van der Waals surface area contributed by atoms with Gasteiger partial charge in [-0.1, -0.05) is 42.5 Å². The van der Waals surface area contributed by atoms with Crippen LogP contribution in [0.1, 0.15) is 24.0 Å². The Bertz CT molecular complexity index is 606. The number of benzene rings is 2. The van der Waals surface area contributed by atoms with Crippen molar-refractivity contribution in [3.8, 4) is 0 Å². The van der Waals surface area contributed by atoms with Crippen molar-refractivity contribution in [2.45, 2.75) is 31.7 Å². The summed E-state index contributed by atoms with van der Waals surface area (Å²) in [5.74, 6) is 0. The molecule has 0 spiro atoms. The zero-order chi connectivity index (χ0) is 16.1. The van der Waals surface area contributed by atoms with Crippen LogP contribution in [0.15, 0.2) is 54.6 Å². The number of hydrogen-bond acceptors (Lipinski definition) is 2. The van der Waals surface area contributed by atoms with Crippen LogP contribution in [-0.2, 0) is 12.8 Å². The molecule has 23 heavy (non-hydrogen) atoms. The largest absolute Gasteiger partial charge is 0.368 e. The van der Waals surface area contributed by atoms with Crippen molar-refractivity contribution in [3.63, 3.8) is 0 Å². The first-order valence-electron chi connectivity index (χ1n) is 8.77. The molecule has 0 saturated heterocycles. The number of hydrogen-bond donors (Lipinski definition) is 0. The fourth-order valence-electron chi connectivity index (χ4n) is 3.64. The predicted octanol–water partition coefficient (Wildman–Crippen LogP) is 4.00. The Hall–Kier alpha value is -1.80. The van der Waals surface area contributed by atoms with E-state index in [-0.39, 0.29) is 0 Å². The Morgan fingerprint density at radius 2 is 1.57 bits per heavy atom. The molecule has 1 aliphatic carbocycles. The van der Waals surface area contributed by atoms with Gasteiger partial charge in [0.1, 0.15) is 0 Å². The third kappa shape index (κ3) is 4.14. The monoisotopic (exact) mass is 308 g/mol. The van der Waals surface area contributed by atoms with Crippen LogP contribution in [0, 0.1) is 0 Å². The molecule has 0 heterocycles. The summed E-state index contributed by atoms with van der Waals surface area (Å²) in [4.78, 5) is 4.92. The van der Waals surface area contributed by atoms with Crippen LogP contribution < -0.4 is 4.90 Å². The first kappa shape index (κ1) is 16.1. The molecule has 122 valence electrons. The van der Waals surface area contributed by atoms with Gasteiger partial charge in [0.25, 0.3) is 0 Å². The maximum atomic E-state index is 2.64. The molecule has 0 N–H and O–H groups in total. The molecule has 1 unspecified atom stereocenters. The maximum Gasteiger partial charge on any atom is 0.0368 e. The van der Waals surface area contributed by atoms with E-state index >= 15 is 0 Å². The lowest BCUT2D eigenvalue weighted by atomic mass is 9.87. The number of fused-ring (bicyclic) bond motifs is 1. The normalized spacial score (nSPS) is 17.1. The van der Waals surface area contributed by atoms with E-state index in [9.17, 15) is 0 Å². The number of para-hydroxylation sites is 1. The van der Waals surface area contributed by atoms with E-state index in [0.29, 0.717) is 6.04 Å². The Kier molecular flexibility index (Phi) is 5.35. The van der Waals surface area contributed by atoms with E-state index in [0.717, 1.165) is 13.1 Å². The zero-order valence-corrected chi connectivity index (χ0v) is 14.4. The smallest absolute Gasteiger partial charge is 0.0368 e. The molecule has 1 aliphatic rings. The second-order valence-corrected chi connectivity index (χ2v) is 6.85. The molecule has 0 aliphatic heterocycles. The van der Waals surface area contributed by atoms with E-state index in [1.807, 2.05) is 0 Å². The van der Waals surface area contributed by atoms with Gasteiger partial charge in [-0.2, -0.15) is 0 Å². The second kappa shape index (κ2) is 7.65. The highest BCUT2D eigenvalue weighted by Gasteiger charge is 2.24. The van der Waals surface area contributed by atoms with Crippen LogP contribution in [0.2, 0.25) is 0 Å². The first-order chi connectivity index (χ1) is 11.2. The van der Waals surface area contributed by atoms with Gasteiger partial charge in [0.05, 0.1) is 0 Å². The highest BCUT2D eigenvalue weighted by Crippen LogP contribution is 2.28. The van der Waals surface area contributed by atoms with Gasteiger partial charge in [-0.15, -0.1) is 0 Å². The van der Waals surface area contributed by atoms with E-state index in [1.165, 1.54) is 36.9 Å². The highest BCUT2D eigenvalue weighted by molar-refractivity contribution is 5.48. The molecule has 0 fully saturated rings. The molecule has 0 amide bonds. The third-order valence-corrected chi connectivity index (χ3v) is 4.85. The number of rotatable bonds is 6. The molecule has 2 heteroatoms. The summed E-state index contributed by atoms with van der Waals surface area (Å²) in [6, 6.07) is 20.5. The zero-order valence-electron chi connectivity index (χ0n) is 14.4. The SMILES string of the molecule is CN(C)CCCN(c1ccccc1)C1CCc2ccccc2C1. The number of nitrogens with zero attached hydrogens (tertiary/aromatic N) is 2. The molecule has 3 rings (SSSR count). The van der Waals surface area contributed by atoms with E-state index in [1.54, 1.807) is 5.56 Å². The van der Waals surface area contributed by atoms with Crippen molar-refractivity contribution >= 4 is 5.69 Å². The molecular formula is C21H28N2. The van der Waals surface area contributed by atoms with Crippen LogP contribution in [0.5, 0.6) is 0 Å². The van der Waals surface area contributed by atoms with Crippen molar-refractivity contribution in [1.29, 1.82) is 0 Å². The molecule has 2 aromatic carbocycles. The van der Waals surface area contributed by atoms with Gasteiger partial charge >= 0.3 is 0 Å². The Balaban J connectivity index is 1.76. The molecular weight excluding hydrogens is 280 g/mol. The van der Waals surface area contributed by atoms with Crippen molar-refractivity contribution in [2.75, 3.05) is 32.1 Å². The molecule has 1 atom stereocenters. The maximum absolute atomic E-state index is 2.64. The van der Waals surface area contributed by atoms with Gasteiger partial charge in [-0.3, -0.25) is 0 Å². The quantitative estimate of drug-likeness (QED) is 0.796. The van der Waals surface area contributed by atoms with Crippen LogP contribution in [0.3, 0.4) is 0 Å². The Morgan fingerprint density at radius 1 is 0.870 bits per heavy atom. The fraction of sp³-hybridized carbons (Fsp3) is 0.429. The van der Waals surface area contributed by atoms with Gasteiger partial charge in [0.15, 0.2) is 0 Å². The van der Waals surface area contributed by atoms with Crippen molar-refractivity contribution in [1.82, 2.24) is 4.90 Å². The average molecular weight is 308 g/mol. The first-order valence-corrected chi connectivity index (χ1v) is 8.77. The predicted molar refractivity (Wildman–Crippen MR) is 99.2 cm³/mol. The summed E-state index contributed by atoms with van der Waals surface area (Å²) in [5, 5.41) is 0. The molecule has 0 aromatic heterocycles. The molecule has 0 bridgehead atoms. The van der Waals surface area contributed by atoms with Gasteiger partial charge in [-0.05, 0) is 69.6 Å². The van der Waals surface area contributed by atoms with Crippen LogP contribution >= 0.6 is 0 Å². The molecule has 2 aromatic rings. The summed E-state index contributed by atoms with van der Waals surface area (Å²) in [6.07, 6.45) is 4.85. The van der Waals surface area contributed by atoms with E-state index in [2.05, 4.69) is 78.5 Å². The minimum absolute atomic E-state index is 0.620. The van der Waals surface area contributed by atoms with Gasteiger partial charge in [-0.25, -0.2) is 0 Å². The van der Waals surface area contributed by atoms with Crippen LogP contribution in [0.4, 0.5) is 5.69 Å². The highest BCUT2D eigenvalue weighted by atomic mass is 15.2. The van der Waals surface area contributed by atoms with Crippen molar-refractivity contribution < 1.29 is 0 Å². The lowest BCUT2D eigenvalue weighted by Crippen LogP contribution is -2.40. The lowest BCUT2D eigenvalue weighted by Gasteiger charge is -2.37. The number of anilines is 1. The molecule has 0 saturated carbocycles. The van der Waals surface area contributed by atoms with Crippen LogP contribution in [0.25, 0.3) is 0 Å². The average Bonchev–Trinajstić information content (AvgIpc) is 2.59. The second-order valence-electron chi connectivity index (χ2n) is 6.85. The van der Waals surface area contributed by atoms with Gasteiger partial charge in [0, 0.05) is 18.3 Å². The summed E-state index contributed by atoms with van der Waals surface area (Å²) >= 11 is 0. The van der Waals surface area contributed by atoms with E-state index < -0.39 is 0 Å². The third-order valence-electron chi connectivity index (χ3n) is 4.85. The summed E-state index contributed by atoms with van der Waals surface area (Å²) in [6.45, 7) is 2.28. The van der Waals surface area contributed by atoms with Crippen molar-refractivity contribution in [3.05, 3.63) is 65.7 Å². The molecule has 0 radical (unpaired) electrons. The summed E-state index contributed by atoms with van der Waals surface area (Å²) in [7, 11) is 4.31. The Labute approximate surface area is 140 Å². The topological polar surface area (TPSA) is 6.48 Å². The van der Waals surface area contributed by atoms with Crippen molar-refractivity contribution in [2.24, 2.45) is 0 Å². The minimum atomic E-state index is 0.620. The van der Waals surface area contributed by atoms with Gasteiger partial charge < -0.3 is 9.80 Å². The summed E-state index contributed by atoms with van der Waals surface area (Å²) < 4.78 is 0. The minimum Gasteiger partial charge on any atom is -0.368 e. The standard InChI is InChI=1S/C21H28N2/c1-22(2)15-8-16-23(20-11-4-3-5-12-20)21-14-13-18-9-6-7-10-19(18)17-21/h3-7,9-12,21H,8,13-17H2,1-2H3. The Morgan fingerprint density at radius 3 is 2.30 bits per heavy atom. The summed E-state index contributed by atoms with van der Waals surface area (Å²) in [5.41, 5.74) is 4.46.